The molecule has 1 aliphatic rings. The molecule has 5 nitrogen and oxygen atoms in total. The summed E-state index contributed by atoms with van der Waals surface area (Å²) in [6.45, 7) is 1.95. The standard InChI is InChI=1S/C13H27N3O2/c14-15-13(18)8-4-5-9-16(10-11-17)12-6-2-1-3-7-12/h12,17H,1-11,14H2,(H,15,18). The molecular formula is C13H27N3O2. The number of nitrogens with zero attached hydrogens (tertiary/aromatic N) is 1. The fourth-order valence-corrected chi connectivity index (χ4v) is 2.72. The van der Waals surface area contributed by atoms with E-state index in [1.807, 2.05) is 0 Å². The van der Waals surface area contributed by atoms with Gasteiger partial charge in [0.25, 0.3) is 0 Å². The van der Waals surface area contributed by atoms with E-state index in [0.717, 1.165) is 25.9 Å². The number of aliphatic hydroxyl groups excluding tert-OH is 1. The number of amides is 1. The zero-order chi connectivity index (χ0) is 13.2. The first-order chi connectivity index (χ1) is 8.77. The van der Waals surface area contributed by atoms with Crippen molar-refractivity contribution in [2.75, 3.05) is 19.7 Å². The van der Waals surface area contributed by atoms with Crippen LogP contribution < -0.4 is 11.3 Å². The third-order valence-electron chi connectivity index (χ3n) is 3.74. The van der Waals surface area contributed by atoms with Crippen LogP contribution in [0.1, 0.15) is 51.4 Å². The van der Waals surface area contributed by atoms with Crippen LogP contribution in [0, 0.1) is 0 Å². The molecule has 0 spiro atoms. The second-order valence-electron chi connectivity index (χ2n) is 5.08. The van der Waals surface area contributed by atoms with Gasteiger partial charge in [0, 0.05) is 19.0 Å². The third kappa shape index (κ3) is 5.80. The van der Waals surface area contributed by atoms with Crippen LogP contribution in [0.25, 0.3) is 0 Å². The van der Waals surface area contributed by atoms with Gasteiger partial charge < -0.3 is 5.11 Å². The molecule has 0 aromatic carbocycles. The van der Waals surface area contributed by atoms with Crippen molar-refractivity contribution in [2.24, 2.45) is 5.84 Å². The summed E-state index contributed by atoms with van der Waals surface area (Å²) < 4.78 is 0. The zero-order valence-electron chi connectivity index (χ0n) is 11.2. The van der Waals surface area contributed by atoms with Gasteiger partial charge in [-0.25, -0.2) is 5.84 Å². The molecule has 18 heavy (non-hydrogen) atoms. The Morgan fingerprint density at radius 3 is 2.56 bits per heavy atom. The number of carbonyl (C=O) groups is 1. The van der Waals surface area contributed by atoms with E-state index in [-0.39, 0.29) is 12.5 Å². The minimum atomic E-state index is -0.0959. The Bertz CT molecular complexity index is 230. The van der Waals surface area contributed by atoms with E-state index >= 15 is 0 Å². The Morgan fingerprint density at radius 1 is 1.22 bits per heavy atom. The Balaban J connectivity index is 2.22. The highest BCUT2D eigenvalue weighted by Crippen LogP contribution is 2.22. The largest absolute Gasteiger partial charge is 0.395 e. The summed E-state index contributed by atoms with van der Waals surface area (Å²) in [4.78, 5) is 13.4. The second-order valence-corrected chi connectivity index (χ2v) is 5.08. The predicted molar refractivity (Wildman–Crippen MR) is 71.7 cm³/mol. The summed E-state index contributed by atoms with van der Waals surface area (Å²) >= 11 is 0. The molecule has 1 amide bonds. The molecule has 1 saturated carbocycles. The highest BCUT2D eigenvalue weighted by molar-refractivity contribution is 5.75. The predicted octanol–water partition coefficient (Wildman–Crippen LogP) is 0.774. The number of hydrogen-bond donors (Lipinski definition) is 3. The molecule has 4 N–H and O–H groups in total. The van der Waals surface area contributed by atoms with Gasteiger partial charge in [-0.2, -0.15) is 0 Å². The van der Waals surface area contributed by atoms with Crippen LogP contribution in [-0.2, 0) is 4.79 Å². The van der Waals surface area contributed by atoms with Crippen LogP contribution in [0.5, 0.6) is 0 Å². The summed E-state index contributed by atoms with van der Waals surface area (Å²) in [6, 6.07) is 0.634. The number of aliphatic hydroxyl groups is 1. The molecular weight excluding hydrogens is 230 g/mol. The summed E-state index contributed by atoms with van der Waals surface area (Å²) in [6.07, 6.45) is 8.81. The van der Waals surface area contributed by atoms with Crippen molar-refractivity contribution in [2.45, 2.75) is 57.4 Å². The van der Waals surface area contributed by atoms with Crippen molar-refractivity contribution in [3.8, 4) is 0 Å². The molecule has 0 aromatic heterocycles. The molecule has 106 valence electrons. The Labute approximate surface area is 110 Å². The van der Waals surface area contributed by atoms with Crippen molar-refractivity contribution < 1.29 is 9.90 Å². The van der Waals surface area contributed by atoms with Gasteiger partial charge in [0.1, 0.15) is 0 Å². The summed E-state index contributed by atoms with van der Waals surface area (Å²) in [5, 5.41) is 9.13. The van der Waals surface area contributed by atoms with Crippen molar-refractivity contribution in [3.05, 3.63) is 0 Å². The van der Waals surface area contributed by atoms with Crippen molar-refractivity contribution in [1.29, 1.82) is 0 Å². The van der Waals surface area contributed by atoms with Crippen LogP contribution in [-0.4, -0.2) is 41.7 Å². The average Bonchev–Trinajstić information content (AvgIpc) is 2.43. The quantitative estimate of drug-likeness (QED) is 0.260. The highest BCUT2D eigenvalue weighted by Gasteiger charge is 2.20. The van der Waals surface area contributed by atoms with Crippen LogP contribution in [0.2, 0.25) is 0 Å². The molecule has 0 heterocycles. The van der Waals surface area contributed by atoms with E-state index in [0.29, 0.717) is 12.5 Å². The van der Waals surface area contributed by atoms with E-state index in [4.69, 9.17) is 10.9 Å². The van der Waals surface area contributed by atoms with Gasteiger partial charge in [-0.15, -0.1) is 0 Å². The molecule has 0 bridgehead atoms. The molecule has 0 aromatic rings. The summed E-state index contributed by atoms with van der Waals surface area (Å²) in [7, 11) is 0. The van der Waals surface area contributed by atoms with E-state index < -0.39 is 0 Å². The van der Waals surface area contributed by atoms with Gasteiger partial charge >= 0.3 is 0 Å². The number of nitrogens with two attached hydrogens (primary N) is 1. The molecule has 1 fully saturated rings. The third-order valence-corrected chi connectivity index (χ3v) is 3.74. The maximum Gasteiger partial charge on any atom is 0.233 e. The number of rotatable bonds is 8. The maximum atomic E-state index is 11.0. The zero-order valence-corrected chi connectivity index (χ0v) is 11.2. The van der Waals surface area contributed by atoms with E-state index in [1.165, 1.54) is 32.1 Å². The molecule has 0 saturated heterocycles. The molecule has 0 unspecified atom stereocenters. The first-order valence-corrected chi connectivity index (χ1v) is 7.12. The van der Waals surface area contributed by atoms with Crippen molar-refractivity contribution in [1.82, 2.24) is 10.3 Å². The van der Waals surface area contributed by atoms with Crippen LogP contribution in [0.15, 0.2) is 0 Å². The maximum absolute atomic E-state index is 11.0. The Kier molecular flexibility index (Phi) is 7.96. The minimum Gasteiger partial charge on any atom is -0.395 e. The molecule has 0 atom stereocenters. The number of unbranched alkanes of at least 4 members (excludes halogenated alkanes) is 1. The topological polar surface area (TPSA) is 78.6 Å². The Hall–Kier alpha value is -0.650. The van der Waals surface area contributed by atoms with Gasteiger partial charge in [-0.3, -0.25) is 15.1 Å². The first-order valence-electron chi connectivity index (χ1n) is 7.12. The SMILES string of the molecule is NNC(=O)CCCCN(CCO)C1CCCCC1. The van der Waals surface area contributed by atoms with Gasteiger partial charge in [0.15, 0.2) is 0 Å². The molecule has 0 radical (unpaired) electrons. The van der Waals surface area contributed by atoms with Crippen molar-refractivity contribution >= 4 is 5.91 Å². The molecule has 0 aliphatic heterocycles. The average molecular weight is 257 g/mol. The molecule has 1 aliphatic carbocycles. The lowest BCUT2D eigenvalue weighted by atomic mass is 9.94. The number of carbonyl (C=O) groups excluding carboxylic acids is 1. The number of hydrogen-bond acceptors (Lipinski definition) is 4. The molecule has 5 heteroatoms. The van der Waals surface area contributed by atoms with Gasteiger partial charge in [0.2, 0.25) is 5.91 Å². The fraction of sp³-hybridized carbons (Fsp3) is 0.923. The smallest absolute Gasteiger partial charge is 0.233 e. The van der Waals surface area contributed by atoms with Crippen LogP contribution in [0.4, 0.5) is 0 Å². The van der Waals surface area contributed by atoms with Gasteiger partial charge in [-0.05, 0) is 32.2 Å². The normalized spacial score (nSPS) is 17.1. The molecule has 1 rings (SSSR count). The monoisotopic (exact) mass is 257 g/mol. The minimum absolute atomic E-state index is 0.0959. The highest BCUT2D eigenvalue weighted by atomic mass is 16.3. The van der Waals surface area contributed by atoms with Crippen LogP contribution in [0.3, 0.4) is 0 Å². The fourth-order valence-electron chi connectivity index (χ4n) is 2.72. The Morgan fingerprint density at radius 2 is 1.94 bits per heavy atom. The van der Waals surface area contributed by atoms with Crippen molar-refractivity contribution in [3.63, 3.8) is 0 Å². The van der Waals surface area contributed by atoms with E-state index in [1.54, 1.807) is 0 Å². The van der Waals surface area contributed by atoms with E-state index in [2.05, 4.69) is 10.3 Å². The lowest BCUT2D eigenvalue weighted by Crippen LogP contribution is -2.39. The van der Waals surface area contributed by atoms with Gasteiger partial charge in [-0.1, -0.05) is 19.3 Å². The summed E-state index contributed by atoms with van der Waals surface area (Å²) in [5.74, 6) is 4.94. The lowest BCUT2D eigenvalue weighted by Gasteiger charge is -2.34. The van der Waals surface area contributed by atoms with Gasteiger partial charge in [0.05, 0.1) is 6.61 Å². The van der Waals surface area contributed by atoms with Crippen LogP contribution >= 0.6 is 0 Å². The second kappa shape index (κ2) is 9.30. The first kappa shape index (κ1) is 15.4. The number of hydrazine groups is 1. The van der Waals surface area contributed by atoms with E-state index in [9.17, 15) is 4.79 Å². The summed E-state index contributed by atoms with van der Waals surface area (Å²) in [5.41, 5.74) is 2.15. The number of nitrogens with one attached hydrogen (secondary N) is 1. The lowest BCUT2D eigenvalue weighted by molar-refractivity contribution is -0.121.